The normalized spacial score (nSPS) is 21.9. The summed E-state index contributed by atoms with van der Waals surface area (Å²) in [5.41, 5.74) is 1.45. The summed E-state index contributed by atoms with van der Waals surface area (Å²) in [6.07, 6.45) is 5.59. The average molecular weight is 395 g/mol. The van der Waals surface area contributed by atoms with Gasteiger partial charge in [0, 0.05) is 12.4 Å². The predicted molar refractivity (Wildman–Crippen MR) is 108 cm³/mol. The van der Waals surface area contributed by atoms with Gasteiger partial charge in [-0.2, -0.15) is 0 Å². The second-order valence-corrected chi connectivity index (χ2v) is 6.93. The summed E-state index contributed by atoms with van der Waals surface area (Å²) >= 11 is 0. The molecule has 0 unspecified atom stereocenters. The molecule has 0 aliphatic carbocycles. The van der Waals surface area contributed by atoms with Gasteiger partial charge >= 0.3 is 0 Å². The Labute approximate surface area is 169 Å². The Bertz CT molecular complexity index is 842. The van der Waals surface area contributed by atoms with Crippen LogP contribution in [0.25, 0.3) is 0 Å². The molecule has 0 fully saturated rings. The average Bonchev–Trinajstić information content (AvgIpc) is 2.75. The van der Waals surface area contributed by atoms with Crippen molar-refractivity contribution < 1.29 is 19.4 Å². The first-order valence-electron chi connectivity index (χ1n) is 9.56. The van der Waals surface area contributed by atoms with Crippen LogP contribution < -0.4 is 10.6 Å². The summed E-state index contributed by atoms with van der Waals surface area (Å²) in [4.78, 5) is 28.6. The van der Waals surface area contributed by atoms with Crippen molar-refractivity contribution in [3.63, 3.8) is 0 Å². The van der Waals surface area contributed by atoms with Crippen LogP contribution in [0.2, 0.25) is 0 Å². The molecule has 7 heteroatoms. The van der Waals surface area contributed by atoms with Gasteiger partial charge in [0.05, 0.1) is 36.8 Å². The molecule has 1 aliphatic rings. The highest BCUT2D eigenvalue weighted by Crippen LogP contribution is 2.17. The molecule has 3 rings (SSSR count). The minimum absolute atomic E-state index is 0.114. The molecule has 29 heavy (non-hydrogen) atoms. The van der Waals surface area contributed by atoms with Gasteiger partial charge < -0.3 is 20.5 Å². The van der Waals surface area contributed by atoms with Crippen LogP contribution in [0.5, 0.6) is 0 Å². The van der Waals surface area contributed by atoms with Crippen LogP contribution in [-0.4, -0.2) is 46.8 Å². The highest BCUT2D eigenvalue weighted by atomic mass is 16.5. The summed E-state index contributed by atoms with van der Waals surface area (Å²) < 4.78 is 5.81. The molecule has 152 valence electrons. The van der Waals surface area contributed by atoms with Crippen molar-refractivity contribution in [2.75, 3.05) is 6.61 Å². The third-order valence-electron chi connectivity index (χ3n) is 4.75. The number of rotatable bonds is 7. The minimum atomic E-state index is -0.634. The summed E-state index contributed by atoms with van der Waals surface area (Å²) in [6.45, 7) is 1.65. The lowest BCUT2D eigenvalue weighted by molar-refractivity contribution is -0.126. The van der Waals surface area contributed by atoms with Crippen LogP contribution in [0.15, 0.2) is 67.0 Å². The van der Waals surface area contributed by atoms with Crippen molar-refractivity contribution in [1.29, 1.82) is 0 Å². The SMILES string of the molecule is C[C@H](NC(=O)C[C@@H]1C=C[C@H](NC(=O)c2cccnc2)[C@@H](CO)O1)c1ccccc1. The van der Waals surface area contributed by atoms with Crippen molar-refractivity contribution in [3.8, 4) is 0 Å². The van der Waals surface area contributed by atoms with Crippen molar-refractivity contribution in [2.45, 2.75) is 37.6 Å². The van der Waals surface area contributed by atoms with E-state index < -0.39 is 18.2 Å². The maximum absolute atomic E-state index is 12.4. The number of aliphatic hydroxyl groups is 1. The number of hydrogen-bond donors (Lipinski definition) is 3. The van der Waals surface area contributed by atoms with E-state index in [1.807, 2.05) is 37.3 Å². The number of carbonyl (C=O) groups is 2. The number of carbonyl (C=O) groups excluding carboxylic acids is 2. The first-order chi connectivity index (χ1) is 14.1. The Balaban J connectivity index is 1.55. The van der Waals surface area contributed by atoms with E-state index in [2.05, 4.69) is 15.6 Å². The minimum Gasteiger partial charge on any atom is -0.394 e. The van der Waals surface area contributed by atoms with Crippen LogP contribution in [0.3, 0.4) is 0 Å². The molecular weight excluding hydrogens is 370 g/mol. The number of nitrogens with one attached hydrogen (secondary N) is 2. The Morgan fingerprint density at radius 3 is 2.66 bits per heavy atom. The molecule has 0 spiro atoms. The molecule has 0 radical (unpaired) electrons. The molecule has 0 bridgehead atoms. The van der Waals surface area contributed by atoms with Crippen LogP contribution in [0.4, 0.5) is 0 Å². The van der Waals surface area contributed by atoms with Gasteiger partial charge in [-0.05, 0) is 24.6 Å². The summed E-state index contributed by atoms with van der Waals surface area (Å²) in [5.74, 6) is -0.451. The second-order valence-electron chi connectivity index (χ2n) is 6.93. The highest BCUT2D eigenvalue weighted by molar-refractivity contribution is 5.94. The zero-order chi connectivity index (χ0) is 20.6. The Kier molecular flexibility index (Phi) is 7.10. The van der Waals surface area contributed by atoms with Gasteiger partial charge in [0.15, 0.2) is 0 Å². The predicted octanol–water partition coefficient (Wildman–Crippen LogP) is 1.76. The number of amides is 2. The van der Waals surface area contributed by atoms with Crippen molar-refractivity contribution in [1.82, 2.24) is 15.6 Å². The molecule has 0 saturated heterocycles. The molecule has 0 saturated carbocycles. The lowest BCUT2D eigenvalue weighted by Gasteiger charge is -2.31. The third kappa shape index (κ3) is 5.73. The first kappa shape index (κ1) is 20.7. The fourth-order valence-electron chi connectivity index (χ4n) is 3.18. The number of hydrogen-bond acceptors (Lipinski definition) is 5. The quantitative estimate of drug-likeness (QED) is 0.621. The Morgan fingerprint density at radius 1 is 1.17 bits per heavy atom. The number of aliphatic hydroxyl groups excluding tert-OH is 1. The van der Waals surface area contributed by atoms with Gasteiger partial charge in [-0.15, -0.1) is 0 Å². The summed E-state index contributed by atoms with van der Waals surface area (Å²) in [7, 11) is 0. The Hall–Kier alpha value is -3.03. The smallest absolute Gasteiger partial charge is 0.253 e. The van der Waals surface area contributed by atoms with Gasteiger partial charge in [-0.1, -0.05) is 42.5 Å². The van der Waals surface area contributed by atoms with E-state index in [0.717, 1.165) is 5.56 Å². The van der Waals surface area contributed by atoms with E-state index in [1.165, 1.54) is 6.20 Å². The van der Waals surface area contributed by atoms with Crippen LogP contribution in [0.1, 0.15) is 35.3 Å². The van der Waals surface area contributed by atoms with E-state index in [0.29, 0.717) is 5.56 Å². The molecular formula is C22H25N3O4. The third-order valence-corrected chi connectivity index (χ3v) is 4.75. The molecule has 1 aromatic heterocycles. The van der Waals surface area contributed by atoms with Crippen LogP contribution >= 0.6 is 0 Å². The van der Waals surface area contributed by atoms with Crippen molar-refractivity contribution in [2.24, 2.45) is 0 Å². The molecule has 2 heterocycles. The molecule has 3 N–H and O–H groups in total. The Morgan fingerprint density at radius 2 is 1.97 bits per heavy atom. The van der Waals surface area contributed by atoms with E-state index >= 15 is 0 Å². The van der Waals surface area contributed by atoms with Gasteiger partial charge in [-0.25, -0.2) is 0 Å². The molecule has 4 atom stereocenters. The van der Waals surface area contributed by atoms with Gasteiger partial charge in [0.1, 0.15) is 6.10 Å². The fraction of sp³-hybridized carbons (Fsp3) is 0.318. The first-order valence-corrected chi connectivity index (χ1v) is 9.56. The van der Waals surface area contributed by atoms with Gasteiger partial charge in [0.25, 0.3) is 5.91 Å². The zero-order valence-electron chi connectivity index (χ0n) is 16.2. The number of nitrogens with zero attached hydrogens (tertiary/aromatic N) is 1. The number of pyridine rings is 1. The van der Waals surface area contributed by atoms with Crippen molar-refractivity contribution in [3.05, 3.63) is 78.1 Å². The number of ether oxygens (including phenoxy) is 1. The topological polar surface area (TPSA) is 101 Å². The van der Waals surface area contributed by atoms with Gasteiger partial charge in [-0.3, -0.25) is 14.6 Å². The maximum Gasteiger partial charge on any atom is 0.253 e. The monoisotopic (exact) mass is 395 g/mol. The molecule has 2 aromatic rings. The maximum atomic E-state index is 12.4. The summed E-state index contributed by atoms with van der Waals surface area (Å²) in [5, 5.41) is 15.4. The van der Waals surface area contributed by atoms with E-state index in [4.69, 9.17) is 4.74 Å². The summed E-state index contributed by atoms with van der Waals surface area (Å²) in [6, 6.07) is 12.4. The lowest BCUT2D eigenvalue weighted by Crippen LogP contribution is -2.49. The molecule has 1 aromatic carbocycles. The van der Waals surface area contributed by atoms with E-state index in [1.54, 1.807) is 30.5 Å². The zero-order valence-corrected chi connectivity index (χ0v) is 16.2. The number of benzene rings is 1. The van der Waals surface area contributed by atoms with E-state index in [-0.39, 0.29) is 30.9 Å². The molecule has 7 nitrogen and oxygen atoms in total. The standard InChI is InChI=1S/C22H25N3O4/c1-15(16-6-3-2-4-7-16)24-21(27)12-18-9-10-19(20(14-26)29-18)25-22(28)17-8-5-11-23-13-17/h2-11,13,15,18-20,26H,12,14H2,1H3,(H,24,27)(H,25,28)/t15-,18-,19-,20+/m0/s1. The second kappa shape index (κ2) is 9.95. The van der Waals surface area contributed by atoms with Crippen molar-refractivity contribution >= 4 is 11.8 Å². The highest BCUT2D eigenvalue weighted by Gasteiger charge is 2.29. The molecule has 2 amide bonds. The van der Waals surface area contributed by atoms with Crippen LogP contribution in [-0.2, 0) is 9.53 Å². The van der Waals surface area contributed by atoms with E-state index in [9.17, 15) is 14.7 Å². The van der Waals surface area contributed by atoms with Gasteiger partial charge in [0.2, 0.25) is 5.91 Å². The number of aromatic nitrogens is 1. The largest absolute Gasteiger partial charge is 0.394 e. The fourth-order valence-corrected chi connectivity index (χ4v) is 3.18. The lowest BCUT2D eigenvalue weighted by atomic mass is 10.0. The van der Waals surface area contributed by atoms with Crippen LogP contribution in [0, 0.1) is 0 Å². The molecule has 1 aliphatic heterocycles.